The molecular formula is C25H21NO4S2. The number of aromatic nitrogens is 1. The summed E-state index contributed by atoms with van der Waals surface area (Å²) in [5.74, 6) is -0.918. The average molecular weight is 464 g/mol. The van der Waals surface area contributed by atoms with Gasteiger partial charge in [-0.2, -0.15) is 0 Å². The van der Waals surface area contributed by atoms with E-state index in [-0.39, 0.29) is 19.6 Å². The minimum Gasteiger partial charge on any atom is -0.461 e. The smallest absolute Gasteiger partial charge is 0.320 e. The molecule has 4 aromatic rings. The first-order valence-electron chi connectivity index (χ1n) is 10.1. The zero-order valence-corrected chi connectivity index (χ0v) is 18.8. The number of hydrogen-bond acceptors (Lipinski definition) is 7. The average Bonchev–Trinajstić information content (AvgIpc) is 3.24. The Labute approximate surface area is 194 Å². The van der Waals surface area contributed by atoms with Gasteiger partial charge in [0, 0.05) is 0 Å². The minimum atomic E-state index is -0.748. The quantitative estimate of drug-likeness (QED) is 0.237. The number of rotatable bonds is 9. The van der Waals surface area contributed by atoms with E-state index in [9.17, 15) is 9.59 Å². The number of nitrogens with zero attached hydrogens (tertiary/aromatic N) is 1. The molecule has 1 atom stereocenters. The largest absolute Gasteiger partial charge is 0.461 e. The Balaban J connectivity index is 1.43. The third-order valence-electron chi connectivity index (χ3n) is 4.60. The lowest BCUT2D eigenvalue weighted by Gasteiger charge is -2.14. The fourth-order valence-electron chi connectivity index (χ4n) is 2.97. The SMILES string of the molecule is O=C(CC(Sc1nc2ccccc2s1)C(=O)OCc1ccccc1)OCc1ccccc1. The van der Waals surface area contributed by atoms with Crippen LogP contribution in [-0.2, 0) is 32.3 Å². The maximum atomic E-state index is 12.9. The molecule has 5 nitrogen and oxygen atoms in total. The highest BCUT2D eigenvalue weighted by atomic mass is 32.2. The fraction of sp³-hybridized carbons (Fsp3) is 0.160. The van der Waals surface area contributed by atoms with Crippen LogP contribution in [0.4, 0.5) is 0 Å². The van der Waals surface area contributed by atoms with E-state index in [4.69, 9.17) is 9.47 Å². The normalized spacial score (nSPS) is 11.8. The molecule has 0 radical (unpaired) electrons. The summed E-state index contributed by atoms with van der Waals surface area (Å²) >= 11 is 2.73. The highest BCUT2D eigenvalue weighted by molar-refractivity contribution is 8.02. The minimum absolute atomic E-state index is 0.0962. The summed E-state index contributed by atoms with van der Waals surface area (Å²) in [6.07, 6.45) is -0.0962. The Bertz CT molecular complexity index is 1150. The maximum absolute atomic E-state index is 12.9. The number of thiazole rings is 1. The number of carbonyl (C=O) groups excluding carboxylic acids is 2. The Morgan fingerprint density at radius 3 is 2.06 bits per heavy atom. The van der Waals surface area contributed by atoms with E-state index in [0.29, 0.717) is 4.34 Å². The summed E-state index contributed by atoms with van der Waals surface area (Å²) in [5, 5.41) is -0.748. The number of ether oxygens (including phenoxy) is 2. The van der Waals surface area contributed by atoms with Crippen molar-refractivity contribution in [2.45, 2.75) is 29.2 Å². The highest BCUT2D eigenvalue weighted by Crippen LogP contribution is 2.34. The van der Waals surface area contributed by atoms with E-state index in [2.05, 4.69) is 4.98 Å². The summed E-state index contributed by atoms with van der Waals surface area (Å²) < 4.78 is 12.6. The first-order chi connectivity index (χ1) is 15.7. The van der Waals surface area contributed by atoms with Gasteiger partial charge in [0.05, 0.1) is 16.6 Å². The van der Waals surface area contributed by atoms with Crippen molar-refractivity contribution < 1.29 is 19.1 Å². The van der Waals surface area contributed by atoms with E-state index >= 15 is 0 Å². The van der Waals surface area contributed by atoms with Gasteiger partial charge in [-0.1, -0.05) is 84.6 Å². The van der Waals surface area contributed by atoms with Crippen LogP contribution in [0.2, 0.25) is 0 Å². The van der Waals surface area contributed by atoms with Gasteiger partial charge in [-0.25, -0.2) is 4.98 Å². The molecule has 1 aromatic heterocycles. The zero-order chi connectivity index (χ0) is 22.2. The van der Waals surface area contributed by atoms with Crippen molar-refractivity contribution in [3.05, 3.63) is 96.1 Å². The second-order valence-corrected chi connectivity index (χ2v) is 9.48. The molecule has 0 aliphatic carbocycles. The number of para-hydroxylation sites is 1. The van der Waals surface area contributed by atoms with Crippen molar-refractivity contribution in [3.8, 4) is 0 Å². The topological polar surface area (TPSA) is 65.5 Å². The number of esters is 2. The number of fused-ring (bicyclic) bond motifs is 1. The van der Waals surface area contributed by atoms with Crippen LogP contribution in [0.5, 0.6) is 0 Å². The molecule has 0 bridgehead atoms. The summed E-state index contributed by atoms with van der Waals surface area (Å²) in [6.45, 7) is 0.312. The zero-order valence-electron chi connectivity index (χ0n) is 17.2. The molecule has 4 rings (SSSR count). The lowest BCUT2D eigenvalue weighted by atomic mass is 10.2. The lowest BCUT2D eigenvalue weighted by Crippen LogP contribution is -2.24. The van der Waals surface area contributed by atoms with Crippen molar-refractivity contribution in [3.63, 3.8) is 0 Å². The molecule has 0 aliphatic rings. The van der Waals surface area contributed by atoms with E-state index in [1.165, 1.54) is 23.1 Å². The maximum Gasteiger partial charge on any atom is 0.320 e. The lowest BCUT2D eigenvalue weighted by molar-refractivity contribution is -0.151. The molecule has 0 spiro atoms. The second kappa shape index (κ2) is 10.9. The first kappa shape index (κ1) is 22.0. The van der Waals surface area contributed by atoms with Gasteiger partial charge >= 0.3 is 11.9 Å². The molecule has 0 saturated carbocycles. The summed E-state index contributed by atoms with van der Waals surface area (Å²) in [5.41, 5.74) is 2.64. The van der Waals surface area contributed by atoms with E-state index in [1.807, 2.05) is 84.9 Å². The predicted octanol–water partition coefficient (Wildman–Crippen LogP) is 5.63. The first-order valence-corrected chi connectivity index (χ1v) is 11.8. The number of thioether (sulfide) groups is 1. The van der Waals surface area contributed by atoms with E-state index < -0.39 is 17.2 Å². The third kappa shape index (κ3) is 6.18. The molecule has 0 aliphatic heterocycles. The standard InChI is InChI=1S/C25H21NO4S2/c27-23(29-16-18-9-3-1-4-10-18)15-22(24(28)30-17-19-11-5-2-6-12-19)32-25-26-20-13-7-8-14-21(20)31-25/h1-14,22H,15-17H2. The number of hydrogen-bond donors (Lipinski definition) is 0. The van der Waals surface area contributed by atoms with Crippen LogP contribution in [0.1, 0.15) is 17.5 Å². The molecule has 0 amide bonds. The van der Waals surface area contributed by atoms with Crippen LogP contribution >= 0.6 is 23.1 Å². The van der Waals surface area contributed by atoms with Crippen molar-refractivity contribution in [1.29, 1.82) is 0 Å². The van der Waals surface area contributed by atoms with Crippen molar-refractivity contribution in [1.82, 2.24) is 4.98 Å². The Morgan fingerprint density at radius 2 is 1.41 bits per heavy atom. The molecule has 0 saturated heterocycles. The van der Waals surface area contributed by atoms with Gasteiger partial charge in [-0.05, 0) is 23.3 Å². The van der Waals surface area contributed by atoms with E-state index in [0.717, 1.165) is 21.3 Å². The monoisotopic (exact) mass is 463 g/mol. The van der Waals surface area contributed by atoms with Gasteiger partial charge in [0.2, 0.25) is 0 Å². The van der Waals surface area contributed by atoms with Gasteiger partial charge in [-0.15, -0.1) is 11.3 Å². The number of carbonyl (C=O) groups is 2. The summed E-state index contributed by atoms with van der Waals surface area (Å²) in [6, 6.07) is 26.7. The van der Waals surface area contributed by atoms with Crippen molar-refractivity contribution >= 4 is 45.3 Å². The van der Waals surface area contributed by atoms with Gasteiger partial charge in [0.25, 0.3) is 0 Å². The second-order valence-electron chi connectivity index (χ2n) is 7.00. The predicted molar refractivity (Wildman–Crippen MR) is 126 cm³/mol. The van der Waals surface area contributed by atoms with Crippen molar-refractivity contribution in [2.24, 2.45) is 0 Å². The van der Waals surface area contributed by atoms with Gasteiger partial charge in [0.15, 0.2) is 4.34 Å². The summed E-state index contributed by atoms with van der Waals surface area (Å²) in [7, 11) is 0. The molecule has 1 heterocycles. The Morgan fingerprint density at radius 1 is 0.812 bits per heavy atom. The Kier molecular flexibility index (Phi) is 7.53. The van der Waals surface area contributed by atoms with E-state index in [1.54, 1.807) is 0 Å². The molecule has 0 fully saturated rings. The van der Waals surface area contributed by atoms with Gasteiger partial charge in [0.1, 0.15) is 18.5 Å². The highest BCUT2D eigenvalue weighted by Gasteiger charge is 2.27. The molecule has 7 heteroatoms. The molecule has 32 heavy (non-hydrogen) atoms. The van der Waals surface area contributed by atoms with Crippen molar-refractivity contribution in [2.75, 3.05) is 0 Å². The third-order valence-corrected chi connectivity index (χ3v) is 6.91. The summed E-state index contributed by atoms with van der Waals surface area (Å²) in [4.78, 5) is 30.0. The Hall–Kier alpha value is -3.16. The van der Waals surface area contributed by atoms with Crippen LogP contribution in [0.25, 0.3) is 10.2 Å². The fourth-order valence-corrected chi connectivity index (χ4v) is 5.25. The molecular weight excluding hydrogens is 442 g/mol. The van der Waals surface area contributed by atoms with Crippen LogP contribution in [-0.4, -0.2) is 22.2 Å². The molecule has 1 unspecified atom stereocenters. The van der Waals surface area contributed by atoms with Crippen LogP contribution in [0.3, 0.4) is 0 Å². The van der Waals surface area contributed by atoms with Gasteiger partial charge in [-0.3, -0.25) is 9.59 Å². The molecule has 162 valence electrons. The van der Waals surface area contributed by atoms with Crippen LogP contribution < -0.4 is 0 Å². The molecule has 0 N–H and O–H groups in total. The van der Waals surface area contributed by atoms with Crippen LogP contribution in [0.15, 0.2) is 89.3 Å². The molecule has 3 aromatic carbocycles. The van der Waals surface area contributed by atoms with Crippen LogP contribution in [0, 0.1) is 0 Å². The van der Waals surface area contributed by atoms with Gasteiger partial charge < -0.3 is 9.47 Å². The number of benzene rings is 3.